The lowest BCUT2D eigenvalue weighted by molar-refractivity contribution is -0.116. The predicted octanol–water partition coefficient (Wildman–Crippen LogP) is 2.88. The van der Waals surface area contributed by atoms with Crippen molar-refractivity contribution in [1.82, 2.24) is 19.6 Å². The maximum absolute atomic E-state index is 12.1. The number of carbonyl (C=O) groups is 2. The fourth-order valence-corrected chi connectivity index (χ4v) is 2.68. The highest BCUT2D eigenvalue weighted by molar-refractivity contribution is 9.10. The van der Waals surface area contributed by atoms with Crippen LogP contribution in [-0.2, 0) is 17.9 Å². The fraction of sp³-hybridized carbons (Fsp3) is 0.125. The van der Waals surface area contributed by atoms with Gasteiger partial charge in [-0.1, -0.05) is 39.7 Å². The van der Waals surface area contributed by atoms with Crippen molar-refractivity contribution in [2.24, 2.45) is 0 Å². The van der Waals surface area contributed by atoms with Gasteiger partial charge in [0.05, 0.1) is 6.54 Å². The van der Waals surface area contributed by atoms with Gasteiger partial charge in [-0.15, -0.1) is 0 Å². The Labute approximate surface area is 161 Å². The van der Waals surface area contributed by atoms with E-state index in [-0.39, 0.29) is 18.1 Å². The number of aromatic carboxylic acids is 1. The molecule has 3 rings (SSSR count). The van der Waals surface area contributed by atoms with Crippen molar-refractivity contribution >= 4 is 45.2 Å². The second kappa shape index (κ2) is 7.71. The van der Waals surface area contributed by atoms with E-state index in [4.69, 9.17) is 16.7 Å². The molecule has 0 radical (unpaired) electrons. The predicted molar refractivity (Wildman–Crippen MR) is 98.3 cm³/mol. The van der Waals surface area contributed by atoms with Gasteiger partial charge in [0.2, 0.25) is 5.91 Å². The Bertz CT molecular complexity index is 951. The number of halogens is 2. The highest BCUT2D eigenvalue weighted by Gasteiger charge is 2.13. The van der Waals surface area contributed by atoms with E-state index in [9.17, 15) is 9.59 Å². The number of rotatable bonds is 6. The largest absolute Gasteiger partial charge is 0.476 e. The van der Waals surface area contributed by atoms with Crippen molar-refractivity contribution < 1.29 is 14.7 Å². The fourth-order valence-electron chi connectivity index (χ4n) is 2.22. The first-order valence-corrected chi connectivity index (χ1v) is 8.62. The molecule has 2 N–H and O–H groups in total. The molecule has 0 saturated heterocycles. The molecule has 0 unspecified atom stereocenters. The Hall–Kier alpha value is -2.65. The molecule has 0 atom stereocenters. The highest BCUT2D eigenvalue weighted by atomic mass is 79.9. The molecule has 0 aliphatic carbocycles. The van der Waals surface area contributed by atoms with Crippen molar-refractivity contribution in [2.45, 2.75) is 13.1 Å². The molecule has 0 spiro atoms. The normalized spacial score (nSPS) is 10.7. The number of benzene rings is 1. The van der Waals surface area contributed by atoms with Gasteiger partial charge < -0.3 is 10.4 Å². The lowest BCUT2D eigenvalue weighted by atomic mass is 10.2. The molecular weight excluding hydrogens is 426 g/mol. The monoisotopic (exact) mass is 437 g/mol. The number of carboxylic acids is 1. The first-order valence-electron chi connectivity index (χ1n) is 7.45. The summed E-state index contributed by atoms with van der Waals surface area (Å²) in [7, 11) is 0. The molecule has 0 bridgehead atoms. The first kappa shape index (κ1) is 18.2. The SMILES string of the molecule is O=C(Cn1ccc(C(=O)O)n1)Nc1nn(Cc2ccc(Br)cc2)cc1Cl. The minimum Gasteiger partial charge on any atom is -0.476 e. The number of nitrogens with zero attached hydrogens (tertiary/aromatic N) is 4. The van der Waals surface area contributed by atoms with Crippen molar-refractivity contribution in [3.8, 4) is 0 Å². The maximum Gasteiger partial charge on any atom is 0.356 e. The van der Waals surface area contributed by atoms with Crippen molar-refractivity contribution in [1.29, 1.82) is 0 Å². The zero-order valence-corrected chi connectivity index (χ0v) is 15.6. The molecule has 0 aliphatic rings. The molecule has 2 aromatic heterocycles. The molecule has 2 heterocycles. The van der Waals surface area contributed by atoms with E-state index in [1.54, 1.807) is 10.9 Å². The van der Waals surface area contributed by atoms with Crippen LogP contribution in [0.3, 0.4) is 0 Å². The molecule has 1 aromatic carbocycles. The van der Waals surface area contributed by atoms with Crippen LogP contribution in [0.15, 0.2) is 47.2 Å². The number of amides is 1. The Morgan fingerprint density at radius 2 is 1.88 bits per heavy atom. The van der Waals surface area contributed by atoms with Crippen molar-refractivity contribution in [3.63, 3.8) is 0 Å². The minimum absolute atomic E-state index is 0.130. The lowest BCUT2D eigenvalue weighted by Gasteiger charge is -2.04. The highest BCUT2D eigenvalue weighted by Crippen LogP contribution is 2.20. The molecule has 0 aliphatic heterocycles. The lowest BCUT2D eigenvalue weighted by Crippen LogP contribution is -2.20. The van der Waals surface area contributed by atoms with Crippen LogP contribution in [0.25, 0.3) is 0 Å². The molecular formula is C16H13BrClN5O3. The van der Waals surface area contributed by atoms with Gasteiger partial charge in [0.25, 0.3) is 0 Å². The van der Waals surface area contributed by atoms with Gasteiger partial charge in [-0.05, 0) is 23.8 Å². The van der Waals surface area contributed by atoms with E-state index >= 15 is 0 Å². The third-order valence-electron chi connectivity index (χ3n) is 3.40. The first-order chi connectivity index (χ1) is 12.4. The maximum atomic E-state index is 12.1. The molecule has 0 saturated carbocycles. The number of hydrogen-bond donors (Lipinski definition) is 2. The number of carbonyl (C=O) groups excluding carboxylic acids is 1. The molecule has 0 fully saturated rings. The zero-order chi connectivity index (χ0) is 18.7. The summed E-state index contributed by atoms with van der Waals surface area (Å²) >= 11 is 9.50. The molecule has 134 valence electrons. The number of carboxylic acid groups (broad SMARTS) is 1. The second-order valence-corrected chi connectivity index (χ2v) is 6.72. The summed E-state index contributed by atoms with van der Waals surface area (Å²) in [5.41, 5.74) is 0.901. The summed E-state index contributed by atoms with van der Waals surface area (Å²) in [5.74, 6) is -1.33. The van der Waals surface area contributed by atoms with Gasteiger partial charge in [0, 0.05) is 16.9 Å². The van der Waals surface area contributed by atoms with Crippen LogP contribution in [0, 0.1) is 0 Å². The molecule has 10 heteroatoms. The van der Waals surface area contributed by atoms with Crippen LogP contribution in [-0.4, -0.2) is 36.5 Å². The minimum atomic E-state index is -1.15. The Balaban J connectivity index is 1.63. The number of aromatic nitrogens is 4. The zero-order valence-electron chi connectivity index (χ0n) is 13.3. The smallest absolute Gasteiger partial charge is 0.356 e. The van der Waals surface area contributed by atoms with Crippen LogP contribution in [0.1, 0.15) is 16.1 Å². The molecule has 26 heavy (non-hydrogen) atoms. The second-order valence-electron chi connectivity index (χ2n) is 5.40. The Kier molecular flexibility index (Phi) is 5.38. The Morgan fingerprint density at radius 3 is 2.54 bits per heavy atom. The Morgan fingerprint density at radius 1 is 1.15 bits per heavy atom. The van der Waals surface area contributed by atoms with E-state index < -0.39 is 11.9 Å². The van der Waals surface area contributed by atoms with Crippen LogP contribution < -0.4 is 5.32 Å². The molecule has 8 nitrogen and oxygen atoms in total. The average Bonchev–Trinajstić information content (AvgIpc) is 3.17. The summed E-state index contributed by atoms with van der Waals surface area (Å²) in [4.78, 5) is 22.9. The molecule has 1 amide bonds. The van der Waals surface area contributed by atoms with Gasteiger partial charge in [0.15, 0.2) is 11.5 Å². The topological polar surface area (TPSA) is 102 Å². The van der Waals surface area contributed by atoms with Gasteiger partial charge in [-0.3, -0.25) is 14.2 Å². The van der Waals surface area contributed by atoms with Crippen LogP contribution in [0.5, 0.6) is 0 Å². The summed E-state index contributed by atoms with van der Waals surface area (Å²) in [6.45, 7) is 0.354. The summed E-state index contributed by atoms with van der Waals surface area (Å²) in [6.07, 6.45) is 3.03. The summed E-state index contributed by atoms with van der Waals surface area (Å²) < 4.78 is 3.83. The van der Waals surface area contributed by atoms with E-state index in [2.05, 4.69) is 31.4 Å². The van der Waals surface area contributed by atoms with Crippen molar-refractivity contribution in [3.05, 3.63) is 63.5 Å². The van der Waals surface area contributed by atoms with Gasteiger partial charge >= 0.3 is 5.97 Å². The van der Waals surface area contributed by atoms with E-state index in [0.29, 0.717) is 11.6 Å². The number of anilines is 1. The quantitative estimate of drug-likeness (QED) is 0.616. The van der Waals surface area contributed by atoms with Gasteiger partial charge in [-0.25, -0.2) is 4.79 Å². The van der Waals surface area contributed by atoms with Gasteiger partial charge in [-0.2, -0.15) is 10.2 Å². The van der Waals surface area contributed by atoms with Crippen molar-refractivity contribution in [2.75, 3.05) is 5.32 Å². The van der Waals surface area contributed by atoms with Gasteiger partial charge in [0.1, 0.15) is 11.6 Å². The summed E-state index contributed by atoms with van der Waals surface area (Å²) in [6, 6.07) is 9.08. The number of hydrogen-bond acceptors (Lipinski definition) is 4. The third kappa shape index (κ3) is 4.50. The van der Waals surface area contributed by atoms with Crippen LogP contribution >= 0.6 is 27.5 Å². The standard InChI is InChI=1S/C16H13BrClN5O3/c17-11-3-1-10(2-4-11)7-23-8-12(18)15(21-23)19-14(24)9-22-6-5-13(20-22)16(25)26/h1-6,8H,7,9H2,(H,25,26)(H,19,21,24). The van der Waals surface area contributed by atoms with Crippen LogP contribution in [0.4, 0.5) is 5.82 Å². The van der Waals surface area contributed by atoms with Crippen LogP contribution in [0.2, 0.25) is 5.02 Å². The summed E-state index contributed by atoms with van der Waals surface area (Å²) in [5, 5.41) is 19.8. The average molecular weight is 439 g/mol. The third-order valence-corrected chi connectivity index (χ3v) is 4.20. The number of nitrogens with one attached hydrogen (secondary N) is 1. The van der Waals surface area contributed by atoms with E-state index in [1.165, 1.54) is 16.9 Å². The molecule has 3 aromatic rings. The van der Waals surface area contributed by atoms with E-state index in [0.717, 1.165) is 10.0 Å². The van der Waals surface area contributed by atoms with E-state index in [1.807, 2.05) is 24.3 Å².